The Labute approximate surface area is 167 Å². The maximum Gasteiger partial charge on any atom is 0.251 e. The predicted molar refractivity (Wildman–Crippen MR) is 110 cm³/mol. The van der Waals surface area contributed by atoms with Gasteiger partial charge in [0.1, 0.15) is 11.9 Å². The number of carbonyl (C=O) groups excluding carboxylic acids is 2. The number of amides is 2. The van der Waals surface area contributed by atoms with Gasteiger partial charge in [-0.3, -0.25) is 9.59 Å². The number of aryl methyl sites for hydroxylation is 2. The first-order chi connectivity index (χ1) is 13.4. The fourth-order valence-electron chi connectivity index (χ4n) is 3.37. The predicted octanol–water partition coefficient (Wildman–Crippen LogP) is 4.34. The van der Waals surface area contributed by atoms with Crippen molar-refractivity contribution in [2.24, 2.45) is 0 Å². The second kappa shape index (κ2) is 7.13. The zero-order chi connectivity index (χ0) is 19.8. The number of rotatable bonds is 4. The quantitative estimate of drug-likeness (QED) is 0.691. The van der Waals surface area contributed by atoms with Crippen LogP contribution < -0.4 is 10.6 Å². The molecule has 0 radical (unpaired) electrons. The number of benzene rings is 2. The highest BCUT2D eigenvalue weighted by atomic mass is 35.5. The molecular formula is C21H19ClN4O2. The van der Waals surface area contributed by atoms with E-state index in [4.69, 9.17) is 11.6 Å². The third kappa shape index (κ3) is 3.39. The minimum absolute atomic E-state index is 0.00405. The molecule has 1 aliphatic rings. The van der Waals surface area contributed by atoms with E-state index in [0.29, 0.717) is 16.5 Å². The fourth-order valence-corrected chi connectivity index (χ4v) is 3.50. The lowest BCUT2D eigenvalue weighted by molar-refractivity contribution is -0.123. The van der Waals surface area contributed by atoms with Crippen LogP contribution in [0.3, 0.4) is 0 Å². The monoisotopic (exact) mass is 394 g/mol. The van der Waals surface area contributed by atoms with E-state index in [0.717, 1.165) is 22.4 Å². The number of nitrogens with one attached hydrogen (secondary N) is 2. The summed E-state index contributed by atoms with van der Waals surface area (Å²) in [6, 6.07) is 14.2. The second-order valence-corrected chi connectivity index (χ2v) is 7.32. The van der Waals surface area contributed by atoms with E-state index < -0.39 is 6.04 Å². The second-order valence-electron chi connectivity index (χ2n) is 6.88. The maximum atomic E-state index is 12.5. The number of halogens is 1. The van der Waals surface area contributed by atoms with Gasteiger partial charge in [0.05, 0.1) is 12.1 Å². The van der Waals surface area contributed by atoms with Crippen LogP contribution in [0.1, 0.15) is 23.7 Å². The molecule has 142 valence electrons. The van der Waals surface area contributed by atoms with Gasteiger partial charge in [-0.1, -0.05) is 41.4 Å². The van der Waals surface area contributed by atoms with E-state index >= 15 is 0 Å². The Morgan fingerprint density at radius 3 is 2.50 bits per heavy atom. The summed E-state index contributed by atoms with van der Waals surface area (Å²) in [7, 11) is 0. The standard InChI is InChI=1S/C21H19ClN4O2/c1-12-3-5-14(6-4-12)19-13(2)25-26-17(21(28)24-20(19)26)11-18(27)23-16-9-7-15(22)8-10-16/h3-10,17H,11H2,1-2H3,(H,23,27)(H,24,28). The normalized spacial score (nSPS) is 15.2. The number of carbonyl (C=O) groups is 2. The fraction of sp³-hybridized carbons (Fsp3) is 0.190. The van der Waals surface area contributed by atoms with Gasteiger partial charge in [0.15, 0.2) is 0 Å². The molecule has 1 atom stereocenters. The largest absolute Gasteiger partial charge is 0.326 e. The van der Waals surface area contributed by atoms with Crippen LogP contribution in [0.25, 0.3) is 11.1 Å². The van der Waals surface area contributed by atoms with E-state index in [-0.39, 0.29) is 18.2 Å². The summed E-state index contributed by atoms with van der Waals surface area (Å²) in [5.74, 6) is 0.137. The summed E-state index contributed by atoms with van der Waals surface area (Å²) >= 11 is 5.86. The molecule has 2 amide bonds. The van der Waals surface area contributed by atoms with Crippen molar-refractivity contribution in [2.45, 2.75) is 26.3 Å². The minimum Gasteiger partial charge on any atom is -0.326 e. The van der Waals surface area contributed by atoms with Crippen molar-refractivity contribution in [3.05, 3.63) is 64.8 Å². The van der Waals surface area contributed by atoms with Crippen molar-refractivity contribution >= 4 is 34.9 Å². The van der Waals surface area contributed by atoms with Crippen LogP contribution >= 0.6 is 11.6 Å². The molecule has 0 fully saturated rings. The summed E-state index contributed by atoms with van der Waals surface area (Å²) in [6.07, 6.45) is -0.00405. The molecule has 2 heterocycles. The molecule has 2 N–H and O–H groups in total. The molecule has 6 nitrogen and oxygen atoms in total. The average molecular weight is 395 g/mol. The lowest BCUT2D eigenvalue weighted by atomic mass is 10.0. The third-order valence-corrected chi connectivity index (χ3v) is 5.02. The number of aromatic nitrogens is 2. The summed E-state index contributed by atoms with van der Waals surface area (Å²) in [6.45, 7) is 3.92. The smallest absolute Gasteiger partial charge is 0.251 e. The number of nitrogens with zero attached hydrogens (tertiary/aromatic N) is 2. The number of fused-ring (bicyclic) bond motifs is 1. The Morgan fingerprint density at radius 1 is 1.14 bits per heavy atom. The highest BCUT2D eigenvalue weighted by Crippen LogP contribution is 2.38. The van der Waals surface area contributed by atoms with Crippen LogP contribution in [-0.2, 0) is 9.59 Å². The molecule has 0 bridgehead atoms. The number of hydrogen-bond donors (Lipinski definition) is 2. The minimum atomic E-state index is -0.680. The summed E-state index contributed by atoms with van der Waals surface area (Å²) in [5.41, 5.74) is 4.46. The maximum absolute atomic E-state index is 12.5. The van der Waals surface area contributed by atoms with Crippen molar-refractivity contribution in [2.75, 3.05) is 10.6 Å². The van der Waals surface area contributed by atoms with Gasteiger partial charge in [0.2, 0.25) is 5.91 Å². The van der Waals surface area contributed by atoms with Crippen LogP contribution in [0, 0.1) is 13.8 Å². The van der Waals surface area contributed by atoms with Crippen LogP contribution in [0.2, 0.25) is 5.02 Å². The highest BCUT2D eigenvalue weighted by Gasteiger charge is 2.36. The van der Waals surface area contributed by atoms with Crippen molar-refractivity contribution in [3.8, 4) is 11.1 Å². The van der Waals surface area contributed by atoms with Crippen LogP contribution in [0.5, 0.6) is 0 Å². The molecule has 7 heteroatoms. The third-order valence-electron chi connectivity index (χ3n) is 4.77. The van der Waals surface area contributed by atoms with E-state index in [1.54, 1.807) is 28.9 Å². The summed E-state index contributed by atoms with van der Waals surface area (Å²) in [5, 5.41) is 10.8. The first-order valence-electron chi connectivity index (χ1n) is 8.95. The molecule has 0 saturated heterocycles. The molecule has 0 spiro atoms. The van der Waals surface area contributed by atoms with Crippen molar-refractivity contribution in [1.29, 1.82) is 0 Å². The molecular weight excluding hydrogens is 376 g/mol. The van der Waals surface area contributed by atoms with E-state index in [1.807, 2.05) is 38.1 Å². The van der Waals surface area contributed by atoms with E-state index in [9.17, 15) is 9.59 Å². The molecule has 1 aliphatic heterocycles. The van der Waals surface area contributed by atoms with Crippen molar-refractivity contribution < 1.29 is 9.59 Å². The Bertz CT molecular complexity index is 1060. The van der Waals surface area contributed by atoms with Crippen molar-refractivity contribution in [1.82, 2.24) is 9.78 Å². The number of hydrogen-bond acceptors (Lipinski definition) is 3. The Balaban J connectivity index is 1.57. The van der Waals surface area contributed by atoms with Gasteiger partial charge in [0.25, 0.3) is 5.91 Å². The molecule has 3 aromatic rings. The Hall–Kier alpha value is -3.12. The zero-order valence-corrected chi connectivity index (χ0v) is 16.2. The van der Waals surface area contributed by atoms with E-state index in [1.165, 1.54) is 0 Å². The number of anilines is 2. The molecule has 1 aromatic heterocycles. The van der Waals surface area contributed by atoms with Crippen LogP contribution in [0.4, 0.5) is 11.5 Å². The van der Waals surface area contributed by atoms with Gasteiger partial charge in [-0.05, 0) is 43.7 Å². The summed E-state index contributed by atoms with van der Waals surface area (Å²) < 4.78 is 1.62. The molecule has 2 aromatic carbocycles. The van der Waals surface area contributed by atoms with Gasteiger partial charge in [0, 0.05) is 16.3 Å². The molecule has 4 rings (SSSR count). The SMILES string of the molecule is Cc1ccc(-c2c(C)nn3c2NC(=O)C3CC(=O)Nc2ccc(Cl)cc2)cc1. The topological polar surface area (TPSA) is 76.0 Å². The first-order valence-corrected chi connectivity index (χ1v) is 9.32. The Morgan fingerprint density at radius 2 is 1.82 bits per heavy atom. The average Bonchev–Trinajstić information content (AvgIpc) is 3.12. The van der Waals surface area contributed by atoms with Crippen LogP contribution in [-0.4, -0.2) is 21.6 Å². The van der Waals surface area contributed by atoms with Crippen molar-refractivity contribution in [3.63, 3.8) is 0 Å². The van der Waals surface area contributed by atoms with Gasteiger partial charge in [-0.25, -0.2) is 4.68 Å². The Kier molecular flexibility index (Phi) is 4.65. The molecule has 1 unspecified atom stereocenters. The molecule has 28 heavy (non-hydrogen) atoms. The molecule has 0 aliphatic carbocycles. The molecule has 0 saturated carbocycles. The first kappa shape index (κ1) is 18.3. The van der Waals surface area contributed by atoms with Gasteiger partial charge in [-0.15, -0.1) is 0 Å². The lowest BCUT2D eigenvalue weighted by Crippen LogP contribution is -2.23. The van der Waals surface area contributed by atoms with Gasteiger partial charge in [-0.2, -0.15) is 5.10 Å². The van der Waals surface area contributed by atoms with Gasteiger partial charge >= 0.3 is 0 Å². The van der Waals surface area contributed by atoms with Crippen LogP contribution in [0.15, 0.2) is 48.5 Å². The highest BCUT2D eigenvalue weighted by molar-refractivity contribution is 6.30. The summed E-state index contributed by atoms with van der Waals surface area (Å²) in [4.78, 5) is 24.9. The van der Waals surface area contributed by atoms with E-state index in [2.05, 4.69) is 15.7 Å². The van der Waals surface area contributed by atoms with Gasteiger partial charge < -0.3 is 10.6 Å². The lowest BCUT2D eigenvalue weighted by Gasteiger charge is -2.10. The zero-order valence-electron chi connectivity index (χ0n) is 15.5.